The summed E-state index contributed by atoms with van der Waals surface area (Å²) in [5.41, 5.74) is -4.93. The Morgan fingerprint density at radius 2 is 1.60 bits per heavy atom. The van der Waals surface area contributed by atoms with Gasteiger partial charge >= 0.3 is 18.0 Å². The highest BCUT2D eigenvalue weighted by Gasteiger charge is 2.73. The molecule has 1 aromatic heterocycles. The molecule has 0 amide bonds. The Bertz CT molecular complexity index is 314. The first-order chi connectivity index (χ1) is 6.61. The second-order valence-corrected chi connectivity index (χ2v) is 3.32. The molecule has 1 aromatic rings. The number of hydrogen-bond acceptors (Lipinski definition) is 3. The Kier molecular flexibility index (Phi) is 2.72. The molecule has 0 saturated carbocycles. The van der Waals surface area contributed by atoms with E-state index in [1.165, 1.54) is 0 Å². The van der Waals surface area contributed by atoms with Crippen LogP contribution in [0.2, 0.25) is 0 Å². The molecule has 1 radical (unpaired) electrons. The van der Waals surface area contributed by atoms with Crippen molar-refractivity contribution in [3.63, 3.8) is 0 Å². The van der Waals surface area contributed by atoms with Gasteiger partial charge in [0.05, 0.1) is 5.38 Å². The third-order valence-electron chi connectivity index (χ3n) is 1.52. The van der Waals surface area contributed by atoms with E-state index in [-0.39, 0.29) is 11.3 Å². The van der Waals surface area contributed by atoms with Gasteiger partial charge in [-0.1, -0.05) is 0 Å². The smallest absolute Gasteiger partial charge is 0.368 e. The van der Waals surface area contributed by atoms with Crippen molar-refractivity contribution in [2.75, 3.05) is 0 Å². The molecule has 0 fully saturated rings. The molecule has 1 N–H and O–H groups in total. The first-order valence-electron chi connectivity index (χ1n) is 3.29. The average molecular weight is 250 g/mol. The highest BCUT2D eigenvalue weighted by molar-refractivity contribution is 7.09. The third kappa shape index (κ3) is 1.81. The van der Waals surface area contributed by atoms with Crippen LogP contribution in [0.5, 0.6) is 0 Å². The van der Waals surface area contributed by atoms with E-state index in [2.05, 4.69) is 4.98 Å². The second kappa shape index (κ2) is 3.34. The van der Waals surface area contributed by atoms with E-state index in [1.807, 2.05) is 5.38 Å². The summed E-state index contributed by atoms with van der Waals surface area (Å²) in [6.45, 7) is 0. The predicted octanol–water partition coefficient (Wildman–Crippen LogP) is 2.26. The summed E-state index contributed by atoms with van der Waals surface area (Å²) < 4.78 is 72.9. The minimum absolute atomic E-state index is 0.0425. The molecule has 0 unspecified atom stereocenters. The molecule has 0 aliphatic carbocycles. The van der Waals surface area contributed by atoms with Crippen LogP contribution >= 0.6 is 11.3 Å². The van der Waals surface area contributed by atoms with Gasteiger partial charge in [0, 0.05) is 6.20 Å². The zero-order chi connectivity index (χ0) is 11.9. The number of alkyl halides is 6. The van der Waals surface area contributed by atoms with Crippen LogP contribution in [0.4, 0.5) is 26.3 Å². The Hall–Kier alpha value is -0.830. The molecule has 0 spiro atoms. The molecule has 15 heavy (non-hydrogen) atoms. The largest absolute Gasteiger partial charge is 0.433 e. The van der Waals surface area contributed by atoms with Gasteiger partial charge in [-0.05, 0) is 0 Å². The van der Waals surface area contributed by atoms with Crippen LogP contribution in [0.1, 0.15) is 5.01 Å². The second-order valence-electron chi connectivity index (χ2n) is 2.49. The van der Waals surface area contributed by atoms with Crippen LogP contribution in [0, 0.1) is 5.38 Å². The summed E-state index contributed by atoms with van der Waals surface area (Å²) in [4.78, 5) is 2.79. The lowest BCUT2D eigenvalue weighted by molar-refractivity contribution is -0.376. The van der Waals surface area contributed by atoms with E-state index in [0.29, 0.717) is 6.20 Å². The predicted molar refractivity (Wildman–Crippen MR) is 37.0 cm³/mol. The van der Waals surface area contributed by atoms with Crippen LogP contribution in [-0.2, 0) is 5.60 Å². The molecule has 1 heterocycles. The number of halogens is 6. The molecular weight excluding hydrogens is 248 g/mol. The van der Waals surface area contributed by atoms with Gasteiger partial charge in [0.2, 0.25) is 0 Å². The van der Waals surface area contributed by atoms with E-state index in [1.54, 1.807) is 0 Å². The molecule has 0 aromatic carbocycles. The van der Waals surface area contributed by atoms with Gasteiger partial charge in [-0.3, -0.25) is 0 Å². The van der Waals surface area contributed by atoms with Gasteiger partial charge in [0.15, 0.2) is 0 Å². The molecule has 1 rings (SSSR count). The first-order valence-corrected chi connectivity index (χ1v) is 4.10. The van der Waals surface area contributed by atoms with Crippen molar-refractivity contribution < 1.29 is 31.4 Å². The van der Waals surface area contributed by atoms with Crippen molar-refractivity contribution in [1.29, 1.82) is 0 Å². The normalized spacial score (nSPS) is 14.3. The summed E-state index contributed by atoms with van der Waals surface area (Å²) >= 11 is -0.0425. The lowest BCUT2D eigenvalue weighted by Crippen LogP contribution is -2.53. The third-order valence-corrected chi connectivity index (χ3v) is 2.34. The summed E-state index contributed by atoms with van der Waals surface area (Å²) in [5.74, 6) is 0. The van der Waals surface area contributed by atoms with Crippen molar-refractivity contribution in [2.45, 2.75) is 18.0 Å². The summed E-state index contributed by atoms with van der Waals surface area (Å²) in [5, 5.41) is 9.17. The molecule has 0 bridgehead atoms. The zero-order valence-corrected chi connectivity index (χ0v) is 7.46. The van der Waals surface area contributed by atoms with Crippen molar-refractivity contribution in [3.05, 3.63) is 16.6 Å². The number of nitrogens with zero attached hydrogens (tertiary/aromatic N) is 1. The van der Waals surface area contributed by atoms with Crippen LogP contribution in [0.3, 0.4) is 0 Å². The maximum Gasteiger partial charge on any atom is 0.433 e. The summed E-state index contributed by atoms with van der Waals surface area (Å²) in [6.07, 6.45) is -11.1. The standard InChI is InChI=1S/C6H2F6NOS/c7-5(8,9)4(14,6(10,11)12)3-13-1-2-15-3/h1,14H. The molecular formula is C6H2F6NOS. The van der Waals surface area contributed by atoms with Crippen molar-refractivity contribution in [2.24, 2.45) is 0 Å². The Balaban J connectivity index is 3.33. The minimum Gasteiger partial charge on any atom is -0.368 e. The van der Waals surface area contributed by atoms with Crippen molar-refractivity contribution in [3.8, 4) is 0 Å². The fourth-order valence-electron chi connectivity index (χ4n) is 0.764. The monoisotopic (exact) mass is 250 g/mol. The number of aliphatic hydroxyl groups is 1. The first kappa shape index (κ1) is 12.2. The molecule has 0 aliphatic rings. The minimum atomic E-state index is -5.88. The Labute approximate surface area is 83.2 Å². The van der Waals surface area contributed by atoms with Crippen molar-refractivity contribution >= 4 is 11.3 Å². The fraction of sp³-hybridized carbons (Fsp3) is 0.500. The molecule has 0 aliphatic heterocycles. The number of rotatable bonds is 1. The lowest BCUT2D eigenvalue weighted by atomic mass is 10.0. The summed E-state index contributed by atoms with van der Waals surface area (Å²) in [6, 6.07) is 0. The van der Waals surface area contributed by atoms with Gasteiger partial charge in [-0.15, -0.1) is 11.3 Å². The van der Waals surface area contributed by atoms with Crippen LogP contribution < -0.4 is 0 Å². The Morgan fingerprint density at radius 1 is 1.13 bits per heavy atom. The average Bonchev–Trinajstić information content (AvgIpc) is 2.49. The maximum absolute atomic E-state index is 12.1. The van der Waals surface area contributed by atoms with E-state index in [9.17, 15) is 26.3 Å². The quantitative estimate of drug-likeness (QED) is 0.775. The molecule has 9 heteroatoms. The van der Waals surface area contributed by atoms with E-state index in [0.717, 1.165) is 0 Å². The molecule has 85 valence electrons. The van der Waals surface area contributed by atoms with E-state index in [4.69, 9.17) is 5.11 Å². The topological polar surface area (TPSA) is 33.1 Å². The van der Waals surface area contributed by atoms with Gasteiger partial charge in [-0.2, -0.15) is 26.3 Å². The highest BCUT2D eigenvalue weighted by Crippen LogP contribution is 2.50. The zero-order valence-electron chi connectivity index (χ0n) is 6.65. The number of thiazole rings is 1. The number of hydrogen-bond donors (Lipinski definition) is 1. The fourth-order valence-corrected chi connectivity index (χ4v) is 1.47. The van der Waals surface area contributed by atoms with Crippen LogP contribution in [0.25, 0.3) is 0 Å². The van der Waals surface area contributed by atoms with Crippen molar-refractivity contribution in [1.82, 2.24) is 4.98 Å². The maximum atomic E-state index is 12.1. The van der Waals surface area contributed by atoms with Gasteiger partial charge in [-0.25, -0.2) is 4.98 Å². The SMILES string of the molecule is OC(c1nc[c]s1)(C(F)(F)F)C(F)(F)F. The molecule has 2 nitrogen and oxygen atoms in total. The number of aromatic nitrogens is 1. The van der Waals surface area contributed by atoms with E-state index >= 15 is 0 Å². The van der Waals surface area contributed by atoms with Crippen LogP contribution in [-0.4, -0.2) is 22.4 Å². The lowest BCUT2D eigenvalue weighted by Gasteiger charge is -2.30. The van der Waals surface area contributed by atoms with E-state index < -0.39 is 23.0 Å². The van der Waals surface area contributed by atoms with Gasteiger partial charge in [0.25, 0.3) is 0 Å². The van der Waals surface area contributed by atoms with Crippen LogP contribution in [0.15, 0.2) is 6.20 Å². The molecule has 0 saturated heterocycles. The molecule has 0 atom stereocenters. The highest BCUT2D eigenvalue weighted by atomic mass is 32.1. The Morgan fingerprint density at radius 3 is 1.87 bits per heavy atom. The summed E-state index contributed by atoms with van der Waals surface area (Å²) in [7, 11) is 0. The van der Waals surface area contributed by atoms with Gasteiger partial charge < -0.3 is 5.11 Å². The van der Waals surface area contributed by atoms with Gasteiger partial charge in [0.1, 0.15) is 5.01 Å².